The van der Waals surface area contributed by atoms with Crippen LogP contribution in [0.5, 0.6) is 5.75 Å². The van der Waals surface area contributed by atoms with E-state index in [9.17, 15) is 14.4 Å². The van der Waals surface area contributed by atoms with E-state index in [1.54, 1.807) is 29.2 Å². The van der Waals surface area contributed by atoms with Crippen LogP contribution < -0.4 is 20.3 Å². The highest BCUT2D eigenvalue weighted by molar-refractivity contribution is 6.00. The van der Waals surface area contributed by atoms with Crippen molar-refractivity contribution in [3.63, 3.8) is 0 Å². The number of nitrogens with zero attached hydrogens (tertiary/aromatic N) is 1. The third-order valence-corrected chi connectivity index (χ3v) is 6.42. The minimum atomic E-state index is -0.376. The highest BCUT2D eigenvalue weighted by Gasteiger charge is 2.35. The molecule has 8 heteroatoms. The Morgan fingerprint density at radius 1 is 1.15 bits per heavy atom. The number of anilines is 2. The maximum absolute atomic E-state index is 12.5. The van der Waals surface area contributed by atoms with E-state index in [1.807, 2.05) is 32.0 Å². The largest absolute Gasteiger partial charge is 0.484 e. The third kappa shape index (κ3) is 5.75. The third-order valence-electron chi connectivity index (χ3n) is 6.42. The fourth-order valence-electron chi connectivity index (χ4n) is 4.24. The van der Waals surface area contributed by atoms with Crippen LogP contribution in [0, 0.1) is 19.8 Å². The first kappa shape index (κ1) is 23.8. The molecule has 0 bridgehead atoms. The number of nitrogens with one attached hydrogen (secondary N) is 2. The summed E-state index contributed by atoms with van der Waals surface area (Å²) in [4.78, 5) is 38.9. The van der Waals surface area contributed by atoms with Crippen molar-refractivity contribution >= 4 is 29.1 Å². The molecule has 0 aromatic heterocycles. The van der Waals surface area contributed by atoms with Crippen molar-refractivity contribution in [3.05, 3.63) is 53.6 Å². The van der Waals surface area contributed by atoms with Crippen molar-refractivity contribution in [3.8, 4) is 5.75 Å². The second-order valence-electron chi connectivity index (χ2n) is 8.86. The van der Waals surface area contributed by atoms with E-state index in [2.05, 4.69) is 10.6 Å². The van der Waals surface area contributed by atoms with Gasteiger partial charge in [0.05, 0.1) is 12.0 Å². The van der Waals surface area contributed by atoms with Gasteiger partial charge in [0.1, 0.15) is 5.75 Å². The van der Waals surface area contributed by atoms with Gasteiger partial charge in [0.25, 0.3) is 5.91 Å². The van der Waals surface area contributed by atoms with Crippen molar-refractivity contribution < 1.29 is 23.9 Å². The molecule has 2 aromatic carbocycles. The van der Waals surface area contributed by atoms with Crippen molar-refractivity contribution in [2.75, 3.05) is 36.5 Å². The summed E-state index contributed by atoms with van der Waals surface area (Å²) in [5, 5.41) is 5.78. The molecule has 34 heavy (non-hydrogen) atoms. The molecule has 0 radical (unpaired) electrons. The molecule has 2 aliphatic heterocycles. The second-order valence-corrected chi connectivity index (χ2v) is 8.86. The van der Waals surface area contributed by atoms with Crippen molar-refractivity contribution in [1.29, 1.82) is 0 Å². The van der Waals surface area contributed by atoms with Gasteiger partial charge < -0.3 is 25.0 Å². The van der Waals surface area contributed by atoms with Gasteiger partial charge in [-0.2, -0.15) is 0 Å². The standard InChI is InChI=1S/C26H31N3O5/c1-17-5-3-7-23(18(17)2)28-24(30)16-34-21-10-8-20(9-11-21)29-15-19(13-25(29)31)26(32)27-14-22-6-4-12-33-22/h3,5,7-11,19,22H,4,6,12-16H2,1-2H3,(H,27,32)(H,28,30)/t19-,22+/m0/s1. The molecule has 2 N–H and O–H groups in total. The Kier molecular flexibility index (Phi) is 7.47. The summed E-state index contributed by atoms with van der Waals surface area (Å²) in [7, 11) is 0. The number of aryl methyl sites for hydroxylation is 1. The summed E-state index contributed by atoms with van der Waals surface area (Å²) in [6.45, 7) is 5.41. The summed E-state index contributed by atoms with van der Waals surface area (Å²) in [5.74, 6) is -0.291. The van der Waals surface area contributed by atoms with Crippen molar-refractivity contribution in [2.45, 2.75) is 39.2 Å². The van der Waals surface area contributed by atoms with Crippen LogP contribution in [0.4, 0.5) is 11.4 Å². The smallest absolute Gasteiger partial charge is 0.262 e. The summed E-state index contributed by atoms with van der Waals surface area (Å²) in [6, 6.07) is 12.7. The number of hydrogen-bond donors (Lipinski definition) is 2. The average Bonchev–Trinajstić information content (AvgIpc) is 3.49. The molecule has 0 unspecified atom stereocenters. The summed E-state index contributed by atoms with van der Waals surface area (Å²) in [6.07, 6.45) is 2.24. The Bertz CT molecular complexity index is 1050. The topological polar surface area (TPSA) is 97.0 Å². The lowest BCUT2D eigenvalue weighted by Crippen LogP contribution is -2.37. The van der Waals surface area contributed by atoms with E-state index >= 15 is 0 Å². The predicted octanol–water partition coefficient (Wildman–Crippen LogP) is 2.97. The number of carbonyl (C=O) groups excluding carboxylic acids is 3. The Labute approximate surface area is 199 Å². The van der Waals surface area contributed by atoms with Crippen LogP contribution >= 0.6 is 0 Å². The first-order valence-corrected chi connectivity index (χ1v) is 11.7. The Balaban J connectivity index is 1.26. The summed E-state index contributed by atoms with van der Waals surface area (Å²) < 4.78 is 11.1. The number of ether oxygens (including phenoxy) is 2. The van der Waals surface area contributed by atoms with Crippen LogP contribution in [0.2, 0.25) is 0 Å². The number of hydrogen-bond acceptors (Lipinski definition) is 5. The Hall–Kier alpha value is -3.39. The molecular weight excluding hydrogens is 434 g/mol. The predicted molar refractivity (Wildman–Crippen MR) is 129 cm³/mol. The van der Waals surface area contributed by atoms with E-state index in [0.717, 1.165) is 36.3 Å². The molecule has 2 aliphatic rings. The molecule has 0 aliphatic carbocycles. The Morgan fingerprint density at radius 3 is 2.68 bits per heavy atom. The molecule has 2 heterocycles. The highest BCUT2D eigenvalue weighted by Crippen LogP contribution is 2.27. The normalized spacial score (nSPS) is 19.8. The van der Waals surface area contributed by atoms with Gasteiger partial charge in [-0.15, -0.1) is 0 Å². The first-order chi connectivity index (χ1) is 16.4. The van der Waals surface area contributed by atoms with Crippen molar-refractivity contribution in [1.82, 2.24) is 5.32 Å². The number of benzene rings is 2. The quantitative estimate of drug-likeness (QED) is 0.625. The van der Waals surface area contributed by atoms with Crippen LogP contribution in [0.15, 0.2) is 42.5 Å². The van der Waals surface area contributed by atoms with Crippen molar-refractivity contribution in [2.24, 2.45) is 5.92 Å². The zero-order chi connectivity index (χ0) is 24.1. The van der Waals surface area contributed by atoms with Crippen LogP contribution in [0.1, 0.15) is 30.4 Å². The summed E-state index contributed by atoms with van der Waals surface area (Å²) in [5.41, 5.74) is 3.60. The minimum absolute atomic E-state index is 0.0765. The molecule has 8 nitrogen and oxygen atoms in total. The highest BCUT2D eigenvalue weighted by atomic mass is 16.5. The number of amides is 3. The van der Waals surface area contributed by atoms with Crippen LogP contribution in [0.25, 0.3) is 0 Å². The van der Waals surface area contributed by atoms with Gasteiger partial charge in [0, 0.05) is 37.5 Å². The van der Waals surface area contributed by atoms with Gasteiger partial charge in [-0.1, -0.05) is 12.1 Å². The minimum Gasteiger partial charge on any atom is -0.484 e. The lowest BCUT2D eigenvalue weighted by atomic mass is 10.1. The second kappa shape index (κ2) is 10.7. The van der Waals surface area contributed by atoms with Gasteiger partial charge in [0.15, 0.2) is 6.61 Å². The lowest BCUT2D eigenvalue weighted by Gasteiger charge is -2.18. The zero-order valence-corrected chi connectivity index (χ0v) is 19.6. The lowest BCUT2D eigenvalue weighted by molar-refractivity contribution is -0.126. The molecule has 2 atom stereocenters. The molecular formula is C26H31N3O5. The van der Waals surface area contributed by atoms with Gasteiger partial charge in [-0.25, -0.2) is 0 Å². The fourth-order valence-corrected chi connectivity index (χ4v) is 4.24. The SMILES string of the molecule is Cc1cccc(NC(=O)COc2ccc(N3C[C@@H](C(=O)NC[C@H]4CCCO4)CC3=O)cc2)c1C. The summed E-state index contributed by atoms with van der Waals surface area (Å²) >= 11 is 0. The first-order valence-electron chi connectivity index (χ1n) is 11.7. The molecule has 0 spiro atoms. The zero-order valence-electron chi connectivity index (χ0n) is 19.6. The number of rotatable bonds is 8. The van der Waals surface area contributed by atoms with E-state index in [0.29, 0.717) is 24.5 Å². The van der Waals surface area contributed by atoms with Crippen LogP contribution in [-0.4, -0.2) is 50.1 Å². The van der Waals surface area contributed by atoms with E-state index < -0.39 is 0 Å². The number of carbonyl (C=O) groups is 3. The van der Waals surface area contributed by atoms with Gasteiger partial charge in [-0.3, -0.25) is 14.4 Å². The van der Waals surface area contributed by atoms with E-state index in [1.165, 1.54) is 0 Å². The Morgan fingerprint density at radius 2 is 1.94 bits per heavy atom. The maximum Gasteiger partial charge on any atom is 0.262 e. The molecule has 2 fully saturated rings. The molecule has 3 amide bonds. The molecule has 0 saturated carbocycles. The molecule has 4 rings (SSSR count). The average molecular weight is 466 g/mol. The van der Waals surface area contributed by atoms with E-state index in [-0.39, 0.29) is 42.8 Å². The van der Waals surface area contributed by atoms with Gasteiger partial charge in [-0.05, 0) is 68.1 Å². The molecule has 2 aromatic rings. The molecule has 2 saturated heterocycles. The van der Waals surface area contributed by atoms with E-state index in [4.69, 9.17) is 9.47 Å². The van der Waals surface area contributed by atoms with Gasteiger partial charge >= 0.3 is 0 Å². The maximum atomic E-state index is 12.5. The van der Waals surface area contributed by atoms with Gasteiger partial charge in [0.2, 0.25) is 11.8 Å². The van der Waals surface area contributed by atoms with Crippen LogP contribution in [0.3, 0.4) is 0 Å². The molecule has 180 valence electrons. The monoisotopic (exact) mass is 465 g/mol. The fraction of sp³-hybridized carbons (Fsp3) is 0.423. The van der Waals surface area contributed by atoms with Crippen LogP contribution in [-0.2, 0) is 19.1 Å².